The number of carboxylic acid groups (broad SMARTS) is 1. The molecule has 0 unspecified atom stereocenters. The van der Waals surface area contributed by atoms with Crippen LogP contribution in [0.15, 0.2) is 60.3 Å². The van der Waals surface area contributed by atoms with E-state index < -0.39 is 17.7 Å². The fraction of sp³-hybridized carbons (Fsp3) is 0.0952. The number of rotatable bonds is 5. The molecule has 0 aliphatic rings. The molecule has 2 aromatic carbocycles. The fourth-order valence-electron chi connectivity index (χ4n) is 2.95. The Kier molecular flexibility index (Phi) is 5.23. The number of carboxylic acids is 1. The number of fused-ring (bicyclic) bond motifs is 1. The van der Waals surface area contributed by atoms with Crippen LogP contribution in [0.3, 0.4) is 0 Å². The molecule has 0 saturated carbocycles. The quantitative estimate of drug-likeness (QED) is 0.545. The highest BCUT2D eigenvalue weighted by atomic mass is 19.1. The molecule has 0 aliphatic heterocycles. The highest BCUT2D eigenvalue weighted by molar-refractivity contribution is 6.11. The van der Waals surface area contributed by atoms with Crippen molar-refractivity contribution in [3.8, 4) is 6.07 Å². The number of aromatic nitrogens is 1. The van der Waals surface area contributed by atoms with Gasteiger partial charge in [-0.15, -0.1) is 0 Å². The normalized spacial score (nSPS) is 11.2. The van der Waals surface area contributed by atoms with E-state index in [-0.39, 0.29) is 12.1 Å². The third kappa shape index (κ3) is 3.76. The van der Waals surface area contributed by atoms with E-state index in [1.165, 1.54) is 36.2 Å². The van der Waals surface area contributed by atoms with Crippen LogP contribution in [0.2, 0.25) is 0 Å². The molecule has 0 radical (unpaired) electrons. The number of para-hydroxylation sites is 1. The molecule has 1 N–H and O–H groups in total. The Morgan fingerprint density at radius 2 is 2.00 bits per heavy atom. The van der Waals surface area contributed by atoms with E-state index in [4.69, 9.17) is 5.11 Å². The Morgan fingerprint density at radius 3 is 2.68 bits per heavy atom. The topological polar surface area (TPSA) is 86.3 Å². The van der Waals surface area contributed by atoms with Gasteiger partial charge in [0.2, 0.25) is 0 Å². The highest BCUT2D eigenvalue weighted by Crippen LogP contribution is 2.24. The van der Waals surface area contributed by atoms with Gasteiger partial charge in [-0.05, 0) is 30.3 Å². The van der Waals surface area contributed by atoms with Crippen LogP contribution < -0.4 is 4.90 Å². The van der Waals surface area contributed by atoms with Crippen LogP contribution in [-0.2, 0) is 16.1 Å². The molecule has 3 aromatic rings. The highest BCUT2D eigenvalue weighted by Gasteiger charge is 2.18. The van der Waals surface area contributed by atoms with E-state index in [1.54, 1.807) is 41.1 Å². The summed E-state index contributed by atoms with van der Waals surface area (Å²) in [5.74, 6) is -2.08. The van der Waals surface area contributed by atoms with Gasteiger partial charge in [0, 0.05) is 35.4 Å². The molecule has 1 aromatic heterocycles. The average molecular weight is 377 g/mol. The number of carbonyl (C=O) groups is 2. The zero-order valence-corrected chi connectivity index (χ0v) is 15.0. The van der Waals surface area contributed by atoms with E-state index in [0.29, 0.717) is 16.8 Å². The van der Waals surface area contributed by atoms with Crippen LogP contribution >= 0.6 is 0 Å². The maximum atomic E-state index is 13.4. The lowest BCUT2D eigenvalue weighted by Gasteiger charge is -2.16. The summed E-state index contributed by atoms with van der Waals surface area (Å²) in [6, 6.07) is 14.5. The fourth-order valence-corrected chi connectivity index (χ4v) is 2.95. The second kappa shape index (κ2) is 7.76. The van der Waals surface area contributed by atoms with Crippen molar-refractivity contribution >= 4 is 34.5 Å². The minimum atomic E-state index is -1.00. The van der Waals surface area contributed by atoms with Crippen molar-refractivity contribution in [3.05, 3.63) is 71.7 Å². The second-order valence-corrected chi connectivity index (χ2v) is 6.14. The molecule has 1 heterocycles. The van der Waals surface area contributed by atoms with E-state index in [2.05, 4.69) is 0 Å². The number of nitrogens with zero attached hydrogens (tertiary/aromatic N) is 3. The minimum Gasteiger partial charge on any atom is -0.480 e. The number of hydrogen-bond acceptors (Lipinski definition) is 3. The van der Waals surface area contributed by atoms with Crippen molar-refractivity contribution in [2.24, 2.45) is 0 Å². The first kappa shape index (κ1) is 18.9. The first-order chi connectivity index (χ1) is 13.4. The van der Waals surface area contributed by atoms with Crippen molar-refractivity contribution in [1.82, 2.24) is 4.57 Å². The van der Waals surface area contributed by atoms with Gasteiger partial charge in [-0.25, -0.2) is 4.39 Å². The van der Waals surface area contributed by atoms with E-state index in [9.17, 15) is 19.2 Å². The van der Waals surface area contributed by atoms with Crippen LogP contribution in [0.4, 0.5) is 10.1 Å². The Morgan fingerprint density at radius 1 is 1.25 bits per heavy atom. The Bertz CT molecular complexity index is 1140. The van der Waals surface area contributed by atoms with Gasteiger partial charge in [-0.1, -0.05) is 24.3 Å². The van der Waals surface area contributed by atoms with E-state index in [0.717, 1.165) is 5.39 Å². The largest absolute Gasteiger partial charge is 0.480 e. The van der Waals surface area contributed by atoms with Gasteiger partial charge in [0.1, 0.15) is 24.0 Å². The summed E-state index contributed by atoms with van der Waals surface area (Å²) in [6.07, 6.45) is 3.00. The molecule has 0 atom stereocenters. The number of nitriles is 1. The summed E-state index contributed by atoms with van der Waals surface area (Å²) in [7, 11) is 1.45. The number of aliphatic carboxylic acids is 1. The number of amides is 1. The smallest absolute Gasteiger partial charge is 0.323 e. The SMILES string of the molecule is CN(C(=O)C(C#N)=Cc1cn(CC(=O)O)c2ccccc12)c1cccc(F)c1. The molecule has 7 heteroatoms. The van der Waals surface area contributed by atoms with Gasteiger partial charge >= 0.3 is 5.97 Å². The first-order valence-corrected chi connectivity index (χ1v) is 8.36. The van der Waals surface area contributed by atoms with Gasteiger partial charge in [0.15, 0.2) is 0 Å². The van der Waals surface area contributed by atoms with Crippen molar-refractivity contribution in [1.29, 1.82) is 5.26 Å². The first-order valence-electron chi connectivity index (χ1n) is 8.36. The van der Waals surface area contributed by atoms with E-state index >= 15 is 0 Å². The van der Waals surface area contributed by atoms with E-state index in [1.807, 2.05) is 6.07 Å². The number of benzene rings is 2. The molecule has 3 rings (SSSR count). The third-order valence-corrected chi connectivity index (χ3v) is 4.28. The van der Waals surface area contributed by atoms with Crippen molar-refractivity contribution < 1.29 is 19.1 Å². The van der Waals surface area contributed by atoms with Crippen molar-refractivity contribution in [2.45, 2.75) is 6.54 Å². The lowest BCUT2D eigenvalue weighted by Crippen LogP contribution is -2.27. The van der Waals surface area contributed by atoms with Gasteiger partial charge in [0.05, 0.1) is 0 Å². The number of anilines is 1. The lowest BCUT2D eigenvalue weighted by atomic mass is 10.1. The summed E-state index contributed by atoms with van der Waals surface area (Å²) in [6.45, 7) is -0.243. The number of hydrogen-bond donors (Lipinski definition) is 1. The zero-order chi connectivity index (χ0) is 20.3. The summed E-state index contributed by atoms with van der Waals surface area (Å²) < 4.78 is 15.0. The summed E-state index contributed by atoms with van der Waals surface area (Å²) in [4.78, 5) is 25.0. The maximum absolute atomic E-state index is 13.4. The van der Waals surface area contributed by atoms with Crippen molar-refractivity contribution in [3.63, 3.8) is 0 Å². The summed E-state index contributed by atoms with van der Waals surface area (Å²) in [5, 5.41) is 19.3. The molecule has 140 valence electrons. The Hall–Kier alpha value is -3.92. The van der Waals surface area contributed by atoms with Gasteiger partial charge in [-0.2, -0.15) is 5.26 Å². The minimum absolute atomic E-state index is 0.148. The molecule has 0 aliphatic carbocycles. The molecule has 0 bridgehead atoms. The average Bonchev–Trinajstić information content (AvgIpc) is 3.02. The third-order valence-electron chi connectivity index (χ3n) is 4.28. The molecule has 6 nitrogen and oxygen atoms in total. The van der Waals surface area contributed by atoms with Crippen LogP contribution in [-0.4, -0.2) is 28.6 Å². The number of halogens is 1. The lowest BCUT2D eigenvalue weighted by molar-refractivity contribution is -0.137. The molecule has 0 saturated heterocycles. The Labute approximate surface area is 160 Å². The molecule has 0 spiro atoms. The van der Waals surface area contributed by atoms with Crippen LogP contribution in [0, 0.1) is 17.1 Å². The zero-order valence-electron chi connectivity index (χ0n) is 15.0. The van der Waals surface area contributed by atoms with Gasteiger partial charge in [-0.3, -0.25) is 9.59 Å². The predicted octanol–water partition coefficient (Wildman–Crippen LogP) is 3.43. The maximum Gasteiger partial charge on any atom is 0.323 e. The molecule has 28 heavy (non-hydrogen) atoms. The molecular weight excluding hydrogens is 361 g/mol. The molecular formula is C21H16FN3O3. The summed E-state index contributed by atoms with van der Waals surface area (Å²) in [5.41, 5.74) is 1.40. The predicted molar refractivity (Wildman–Crippen MR) is 103 cm³/mol. The van der Waals surface area contributed by atoms with Crippen LogP contribution in [0.25, 0.3) is 17.0 Å². The summed E-state index contributed by atoms with van der Waals surface area (Å²) >= 11 is 0. The Balaban J connectivity index is 2.02. The van der Waals surface area contributed by atoms with Gasteiger partial charge < -0.3 is 14.6 Å². The monoisotopic (exact) mass is 377 g/mol. The number of carbonyl (C=O) groups excluding carboxylic acids is 1. The molecule has 0 fully saturated rings. The number of likely N-dealkylation sites (N-methyl/N-ethyl adjacent to an activating group) is 1. The molecule has 1 amide bonds. The van der Waals surface area contributed by atoms with Crippen molar-refractivity contribution in [2.75, 3.05) is 11.9 Å². The second-order valence-electron chi connectivity index (χ2n) is 6.14. The van der Waals surface area contributed by atoms with Gasteiger partial charge in [0.25, 0.3) is 5.91 Å². The van der Waals surface area contributed by atoms with Crippen LogP contribution in [0.1, 0.15) is 5.56 Å². The standard InChI is InChI=1S/C21H16FN3O3/c1-24(17-6-4-5-16(22)10-17)21(28)14(11-23)9-15-12-25(13-20(26)27)19-8-3-2-7-18(15)19/h2-10,12H,13H2,1H3,(H,26,27). The van der Waals surface area contributed by atoms with Crippen LogP contribution in [0.5, 0.6) is 0 Å².